The van der Waals surface area contributed by atoms with Crippen LogP contribution in [-0.4, -0.2) is 38.3 Å². The van der Waals surface area contributed by atoms with Gasteiger partial charge in [-0.15, -0.1) is 12.4 Å². The Bertz CT molecular complexity index is 895. The lowest BCUT2D eigenvalue weighted by Crippen LogP contribution is -2.42. The molecule has 0 bridgehead atoms. The standard InChI is InChI=1S/C18H27N5O3.ClH/c1-5-16-15(12(2)26-20-16)11-23(14-6-7-19-8-14)10-13-9-21(3)18(25)22(4)17(13)24;/h9,14,19H,5-8,10-11H2,1-4H3;1H. The molecule has 8 nitrogen and oxygen atoms in total. The third kappa shape index (κ3) is 4.34. The van der Waals surface area contributed by atoms with Crippen LogP contribution in [0.2, 0.25) is 0 Å². The van der Waals surface area contributed by atoms with Gasteiger partial charge in [-0.05, 0) is 26.3 Å². The Hall–Kier alpha value is -1.90. The molecule has 2 aromatic rings. The third-order valence-electron chi connectivity index (χ3n) is 5.20. The highest BCUT2D eigenvalue weighted by molar-refractivity contribution is 5.85. The number of rotatable bonds is 6. The SMILES string of the molecule is CCc1noc(C)c1CN(Cc1cn(C)c(=O)n(C)c1=O)C1CCNC1.Cl. The molecule has 2 aromatic heterocycles. The van der Waals surface area contributed by atoms with Gasteiger partial charge in [0.15, 0.2) is 0 Å². The Morgan fingerprint density at radius 1 is 1.33 bits per heavy atom. The fourth-order valence-corrected chi connectivity index (χ4v) is 3.60. The first-order chi connectivity index (χ1) is 12.4. The average molecular weight is 398 g/mol. The van der Waals surface area contributed by atoms with Gasteiger partial charge < -0.3 is 14.4 Å². The predicted molar refractivity (Wildman–Crippen MR) is 105 cm³/mol. The lowest BCUT2D eigenvalue weighted by molar-refractivity contribution is 0.187. The van der Waals surface area contributed by atoms with Crippen LogP contribution < -0.4 is 16.6 Å². The molecule has 0 spiro atoms. The first-order valence-electron chi connectivity index (χ1n) is 9.06. The summed E-state index contributed by atoms with van der Waals surface area (Å²) < 4.78 is 8.01. The summed E-state index contributed by atoms with van der Waals surface area (Å²) >= 11 is 0. The van der Waals surface area contributed by atoms with Crippen LogP contribution in [0.15, 0.2) is 20.3 Å². The summed E-state index contributed by atoms with van der Waals surface area (Å²) in [5, 5.41) is 7.54. The van der Waals surface area contributed by atoms with E-state index in [9.17, 15) is 9.59 Å². The molecule has 1 aliphatic heterocycles. The summed E-state index contributed by atoms with van der Waals surface area (Å²) in [6, 6.07) is 0.330. The summed E-state index contributed by atoms with van der Waals surface area (Å²) in [4.78, 5) is 26.8. The minimum Gasteiger partial charge on any atom is -0.361 e. The molecule has 27 heavy (non-hydrogen) atoms. The number of aryl methyl sites for hydroxylation is 3. The normalized spacial score (nSPS) is 16.7. The van der Waals surface area contributed by atoms with Gasteiger partial charge in [0.1, 0.15) is 5.76 Å². The zero-order chi connectivity index (χ0) is 18.8. The highest BCUT2D eigenvalue weighted by Crippen LogP contribution is 2.21. The Labute approximate surface area is 164 Å². The van der Waals surface area contributed by atoms with Crippen LogP contribution in [0.1, 0.15) is 35.9 Å². The summed E-state index contributed by atoms with van der Waals surface area (Å²) in [7, 11) is 3.20. The van der Waals surface area contributed by atoms with Crippen molar-refractivity contribution in [2.75, 3.05) is 13.1 Å². The number of nitrogens with one attached hydrogen (secondary N) is 1. The lowest BCUT2D eigenvalue weighted by Gasteiger charge is -2.28. The van der Waals surface area contributed by atoms with Crippen LogP contribution in [0.4, 0.5) is 0 Å². The Morgan fingerprint density at radius 2 is 2.07 bits per heavy atom. The van der Waals surface area contributed by atoms with Crippen LogP contribution in [0.3, 0.4) is 0 Å². The van der Waals surface area contributed by atoms with E-state index in [2.05, 4.69) is 22.3 Å². The van der Waals surface area contributed by atoms with E-state index in [1.807, 2.05) is 6.92 Å². The highest BCUT2D eigenvalue weighted by atomic mass is 35.5. The van der Waals surface area contributed by atoms with Crippen molar-refractivity contribution in [3.8, 4) is 0 Å². The van der Waals surface area contributed by atoms with Crippen molar-refractivity contribution in [2.45, 2.75) is 45.8 Å². The number of hydrogen-bond acceptors (Lipinski definition) is 6. The fourth-order valence-electron chi connectivity index (χ4n) is 3.60. The van der Waals surface area contributed by atoms with Crippen LogP contribution in [0, 0.1) is 6.92 Å². The predicted octanol–water partition coefficient (Wildman–Crippen LogP) is 0.729. The second-order valence-corrected chi connectivity index (χ2v) is 6.98. The molecule has 1 fully saturated rings. The molecule has 0 saturated carbocycles. The maximum absolute atomic E-state index is 12.6. The van der Waals surface area contributed by atoms with E-state index in [0.29, 0.717) is 24.7 Å². The Balaban J connectivity index is 0.00000261. The van der Waals surface area contributed by atoms with Gasteiger partial charge >= 0.3 is 5.69 Å². The van der Waals surface area contributed by atoms with E-state index in [4.69, 9.17) is 4.52 Å². The molecule has 3 rings (SSSR count). The van der Waals surface area contributed by atoms with Gasteiger partial charge in [0.25, 0.3) is 5.56 Å². The van der Waals surface area contributed by atoms with Crippen LogP contribution >= 0.6 is 12.4 Å². The minimum absolute atomic E-state index is 0. The molecule has 1 atom stereocenters. The third-order valence-corrected chi connectivity index (χ3v) is 5.20. The number of hydrogen-bond donors (Lipinski definition) is 1. The zero-order valence-electron chi connectivity index (χ0n) is 16.3. The van der Waals surface area contributed by atoms with Gasteiger partial charge in [-0.1, -0.05) is 12.1 Å². The Kier molecular flexibility index (Phi) is 7.02. The van der Waals surface area contributed by atoms with E-state index >= 15 is 0 Å². The van der Waals surface area contributed by atoms with Gasteiger partial charge in [0, 0.05) is 57.1 Å². The largest absolute Gasteiger partial charge is 0.361 e. The quantitative estimate of drug-likeness (QED) is 0.773. The molecule has 150 valence electrons. The van der Waals surface area contributed by atoms with E-state index < -0.39 is 0 Å². The number of nitrogens with zero attached hydrogens (tertiary/aromatic N) is 4. The summed E-state index contributed by atoms with van der Waals surface area (Å²) in [6.07, 6.45) is 3.49. The lowest BCUT2D eigenvalue weighted by atomic mass is 10.1. The van der Waals surface area contributed by atoms with Crippen molar-refractivity contribution in [1.82, 2.24) is 24.5 Å². The summed E-state index contributed by atoms with van der Waals surface area (Å²) in [6.45, 7) is 7.01. The average Bonchev–Trinajstić information content (AvgIpc) is 3.27. The van der Waals surface area contributed by atoms with Crippen molar-refractivity contribution in [2.24, 2.45) is 14.1 Å². The van der Waals surface area contributed by atoms with Crippen LogP contribution in [0.25, 0.3) is 0 Å². The van der Waals surface area contributed by atoms with Crippen LogP contribution in [0.5, 0.6) is 0 Å². The second-order valence-electron chi connectivity index (χ2n) is 6.98. The van der Waals surface area contributed by atoms with Crippen molar-refractivity contribution in [1.29, 1.82) is 0 Å². The summed E-state index contributed by atoms with van der Waals surface area (Å²) in [5.41, 5.74) is 2.14. The van der Waals surface area contributed by atoms with E-state index in [1.54, 1.807) is 13.2 Å². The maximum atomic E-state index is 12.6. The topological polar surface area (TPSA) is 85.3 Å². The molecule has 0 amide bonds. The fraction of sp³-hybridized carbons (Fsp3) is 0.611. The van der Waals surface area contributed by atoms with Gasteiger partial charge in [0.2, 0.25) is 0 Å². The molecule has 0 aliphatic carbocycles. The summed E-state index contributed by atoms with van der Waals surface area (Å²) in [5.74, 6) is 0.825. The molecular formula is C18H28ClN5O3. The van der Waals surface area contributed by atoms with Crippen LogP contribution in [-0.2, 0) is 33.6 Å². The molecule has 1 unspecified atom stereocenters. The van der Waals surface area contributed by atoms with E-state index in [0.717, 1.165) is 42.9 Å². The van der Waals surface area contributed by atoms with Crippen molar-refractivity contribution < 1.29 is 4.52 Å². The number of halogens is 1. The maximum Gasteiger partial charge on any atom is 0.330 e. The second kappa shape index (κ2) is 8.86. The highest BCUT2D eigenvalue weighted by Gasteiger charge is 2.26. The van der Waals surface area contributed by atoms with E-state index in [-0.39, 0.29) is 23.7 Å². The number of aromatic nitrogens is 3. The molecule has 1 N–H and O–H groups in total. The molecule has 1 saturated heterocycles. The molecule has 0 aromatic carbocycles. The zero-order valence-corrected chi connectivity index (χ0v) is 17.1. The van der Waals surface area contributed by atoms with Gasteiger partial charge in [-0.25, -0.2) is 4.79 Å². The van der Waals surface area contributed by atoms with Gasteiger partial charge in [-0.3, -0.25) is 14.3 Å². The molecule has 3 heterocycles. The molecule has 0 radical (unpaired) electrons. The Morgan fingerprint density at radius 3 is 2.70 bits per heavy atom. The molecular weight excluding hydrogens is 370 g/mol. The van der Waals surface area contributed by atoms with E-state index in [1.165, 1.54) is 16.2 Å². The van der Waals surface area contributed by atoms with Crippen molar-refractivity contribution >= 4 is 12.4 Å². The first-order valence-corrected chi connectivity index (χ1v) is 9.06. The minimum atomic E-state index is -0.309. The monoisotopic (exact) mass is 397 g/mol. The van der Waals surface area contributed by atoms with Gasteiger partial charge in [-0.2, -0.15) is 0 Å². The van der Waals surface area contributed by atoms with Crippen molar-refractivity contribution in [3.63, 3.8) is 0 Å². The van der Waals surface area contributed by atoms with Crippen molar-refractivity contribution in [3.05, 3.63) is 49.6 Å². The molecule has 1 aliphatic rings. The first kappa shape index (κ1) is 21.4. The molecule has 9 heteroatoms. The smallest absolute Gasteiger partial charge is 0.330 e. The van der Waals surface area contributed by atoms with Gasteiger partial charge in [0.05, 0.1) is 5.69 Å².